The van der Waals surface area contributed by atoms with Crippen LogP contribution in [0.3, 0.4) is 0 Å². The van der Waals surface area contributed by atoms with E-state index in [-0.39, 0.29) is 12.5 Å². The van der Waals surface area contributed by atoms with Gasteiger partial charge in [0.25, 0.3) is 0 Å². The number of hydrogen-bond acceptors (Lipinski definition) is 3. The third-order valence-electron chi connectivity index (χ3n) is 3.31. The van der Waals surface area contributed by atoms with Gasteiger partial charge in [0.1, 0.15) is 6.61 Å². The Hall–Kier alpha value is -1.11. The SMILES string of the molecule is CCCN1C(=O)COC(C(=O)O)C1c1cc(Cl)ccc1Br. The highest BCUT2D eigenvalue weighted by atomic mass is 79.9. The van der Waals surface area contributed by atoms with Gasteiger partial charge >= 0.3 is 5.97 Å². The second-order valence-corrected chi connectivity index (χ2v) is 6.06. The Balaban J connectivity index is 2.51. The van der Waals surface area contributed by atoms with E-state index in [0.717, 1.165) is 6.42 Å². The van der Waals surface area contributed by atoms with E-state index in [9.17, 15) is 14.7 Å². The number of amides is 1. The Bertz CT molecular complexity index is 566. The third-order valence-corrected chi connectivity index (χ3v) is 4.27. The fourth-order valence-corrected chi connectivity index (χ4v) is 3.10. The van der Waals surface area contributed by atoms with E-state index in [1.165, 1.54) is 0 Å². The molecule has 0 radical (unpaired) electrons. The molecule has 1 aliphatic rings. The Morgan fingerprint density at radius 3 is 2.90 bits per heavy atom. The highest BCUT2D eigenvalue weighted by molar-refractivity contribution is 9.10. The number of carbonyl (C=O) groups excluding carboxylic acids is 1. The van der Waals surface area contributed by atoms with E-state index in [1.807, 2.05) is 6.92 Å². The molecule has 1 amide bonds. The van der Waals surface area contributed by atoms with Crippen LogP contribution in [0, 0.1) is 0 Å². The zero-order valence-corrected chi connectivity index (χ0v) is 13.7. The summed E-state index contributed by atoms with van der Waals surface area (Å²) < 4.78 is 5.93. The first-order valence-electron chi connectivity index (χ1n) is 6.54. The molecule has 1 N–H and O–H groups in total. The van der Waals surface area contributed by atoms with Crippen molar-refractivity contribution in [2.45, 2.75) is 25.5 Å². The summed E-state index contributed by atoms with van der Waals surface area (Å²) in [5.41, 5.74) is 0.636. The monoisotopic (exact) mass is 375 g/mol. The van der Waals surface area contributed by atoms with Crippen LogP contribution < -0.4 is 0 Å². The quantitative estimate of drug-likeness (QED) is 0.877. The average Bonchev–Trinajstić information content (AvgIpc) is 2.43. The molecule has 114 valence electrons. The van der Waals surface area contributed by atoms with Crippen LogP contribution >= 0.6 is 27.5 Å². The summed E-state index contributed by atoms with van der Waals surface area (Å²) in [5, 5.41) is 9.87. The van der Waals surface area contributed by atoms with Gasteiger partial charge in [-0.25, -0.2) is 4.79 Å². The van der Waals surface area contributed by atoms with Crippen LogP contribution in [0.4, 0.5) is 0 Å². The molecule has 0 aromatic heterocycles. The molecule has 0 bridgehead atoms. The van der Waals surface area contributed by atoms with Gasteiger partial charge in [-0.1, -0.05) is 34.5 Å². The molecule has 2 atom stereocenters. The van der Waals surface area contributed by atoms with Gasteiger partial charge in [0.2, 0.25) is 5.91 Å². The van der Waals surface area contributed by atoms with Gasteiger partial charge in [-0.2, -0.15) is 0 Å². The highest BCUT2D eigenvalue weighted by Gasteiger charge is 2.42. The molecule has 0 saturated carbocycles. The summed E-state index contributed by atoms with van der Waals surface area (Å²) in [6, 6.07) is 4.40. The number of carboxylic acids is 1. The number of hydrogen-bond donors (Lipinski definition) is 1. The maximum absolute atomic E-state index is 12.1. The maximum Gasteiger partial charge on any atom is 0.335 e. The molecule has 2 rings (SSSR count). The van der Waals surface area contributed by atoms with E-state index in [0.29, 0.717) is 21.6 Å². The van der Waals surface area contributed by atoms with Gasteiger partial charge in [0.15, 0.2) is 6.10 Å². The smallest absolute Gasteiger partial charge is 0.335 e. The molecule has 0 aliphatic carbocycles. The van der Waals surface area contributed by atoms with E-state index in [1.54, 1.807) is 23.1 Å². The van der Waals surface area contributed by atoms with E-state index < -0.39 is 18.1 Å². The number of aliphatic carboxylic acids is 1. The Labute approximate surface area is 136 Å². The third kappa shape index (κ3) is 3.39. The van der Waals surface area contributed by atoms with Gasteiger partial charge in [0, 0.05) is 16.0 Å². The minimum absolute atomic E-state index is 0.216. The number of rotatable bonds is 4. The average molecular weight is 377 g/mol. The van der Waals surface area contributed by atoms with Crippen LogP contribution in [-0.2, 0) is 14.3 Å². The molecule has 1 heterocycles. The number of morpholine rings is 1. The predicted molar refractivity (Wildman–Crippen MR) is 81.3 cm³/mol. The summed E-state index contributed by atoms with van der Waals surface area (Å²) >= 11 is 9.41. The van der Waals surface area contributed by atoms with Gasteiger partial charge in [-0.3, -0.25) is 4.79 Å². The number of ether oxygens (including phenoxy) is 1. The van der Waals surface area contributed by atoms with E-state index in [2.05, 4.69) is 15.9 Å². The fourth-order valence-electron chi connectivity index (χ4n) is 2.44. The largest absolute Gasteiger partial charge is 0.479 e. The van der Waals surface area contributed by atoms with Crippen molar-refractivity contribution in [2.75, 3.05) is 13.2 Å². The lowest BCUT2D eigenvalue weighted by atomic mass is 9.97. The van der Waals surface area contributed by atoms with E-state index in [4.69, 9.17) is 16.3 Å². The van der Waals surface area contributed by atoms with Gasteiger partial charge < -0.3 is 14.7 Å². The topological polar surface area (TPSA) is 66.8 Å². The second-order valence-electron chi connectivity index (χ2n) is 4.77. The van der Waals surface area contributed by atoms with Gasteiger partial charge in [-0.15, -0.1) is 0 Å². The molecule has 0 spiro atoms. The number of nitrogens with zero attached hydrogens (tertiary/aromatic N) is 1. The lowest BCUT2D eigenvalue weighted by molar-refractivity contribution is -0.173. The molecule has 2 unspecified atom stereocenters. The molecule has 1 saturated heterocycles. The Morgan fingerprint density at radius 1 is 1.57 bits per heavy atom. The highest BCUT2D eigenvalue weighted by Crippen LogP contribution is 2.36. The fraction of sp³-hybridized carbons (Fsp3) is 0.429. The van der Waals surface area contributed by atoms with Crippen molar-refractivity contribution in [3.8, 4) is 0 Å². The number of carbonyl (C=O) groups is 2. The van der Waals surface area contributed by atoms with Crippen LogP contribution in [0.15, 0.2) is 22.7 Å². The molecule has 1 aromatic rings. The van der Waals surface area contributed by atoms with Crippen molar-refractivity contribution in [3.63, 3.8) is 0 Å². The van der Waals surface area contributed by atoms with Crippen LogP contribution in [0.2, 0.25) is 5.02 Å². The van der Waals surface area contributed by atoms with Crippen LogP contribution in [0.5, 0.6) is 0 Å². The molecule has 21 heavy (non-hydrogen) atoms. The summed E-state index contributed by atoms with van der Waals surface area (Å²) in [4.78, 5) is 25.1. The summed E-state index contributed by atoms with van der Waals surface area (Å²) in [6.45, 7) is 2.18. The number of benzene rings is 1. The second kappa shape index (κ2) is 6.77. The molecule has 5 nitrogen and oxygen atoms in total. The first-order chi connectivity index (χ1) is 9.95. The molecule has 1 aromatic carbocycles. The molecule has 7 heteroatoms. The van der Waals surface area contributed by atoms with Gasteiger partial charge in [0.05, 0.1) is 6.04 Å². The zero-order chi connectivity index (χ0) is 15.6. The van der Waals surface area contributed by atoms with Crippen LogP contribution in [-0.4, -0.2) is 41.1 Å². The molecule has 1 fully saturated rings. The summed E-state index contributed by atoms with van der Waals surface area (Å²) in [6.07, 6.45) is -0.378. The maximum atomic E-state index is 12.1. The Kier molecular flexibility index (Phi) is 5.24. The molecular weight excluding hydrogens is 362 g/mol. The minimum atomic E-state index is -1.11. The standard InChI is InChI=1S/C14H15BrClNO4/c1-2-5-17-11(18)7-21-13(14(19)20)12(17)9-6-8(16)3-4-10(9)15/h3-4,6,12-13H,2,5,7H2,1H3,(H,19,20). The van der Waals surface area contributed by atoms with Crippen molar-refractivity contribution in [1.82, 2.24) is 4.90 Å². The first kappa shape index (κ1) is 16.3. The summed E-state index contributed by atoms with van der Waals surface area (Å²) in [7, 11) is 0. The summed E-state index contributed by atoms with van der Waals surface area (Å²) in [5.74, 6) is -1.31. The van der Waals surface area contributed by atoms with E-state index >= 15 is 0 Å². The lowest BCUT2D eigenvalue weighted by Gasteiger charge is -2.39. The van der Waals surface area contributed by atoms with Crippen molar-refractivity contribution >= 4 is 39.4 Å². The normalized spacial score (nSPS) is 22.4. The van der Waals surface area contributed by atoms with Crippen molar-refractivity contribution in [1.29, 1.82) is 0 Å². The minimum Gasteiger partial charge on any atom is -0.479 e. The predicted octanol–water partition coefficient (Wildman–Crippen LogP) is 2.87. The van der Waals surface area contributed by atoms with Crippen molar-refractivity contribution in [2.24, 2.45) is 0 Å². The molecule has 1 aliphatic heterocycles. The lowest BCUT2D eigenvalue weighted by Crippen LogP contribution is -2.52. The van der Waals surface area contributed by atoms with Crippen molar-refractivity contribution < 1.29 is 19.4 Å². The van der Waals surface area contributed by atoms with Crippen LogP contribution in [0.1, 0.15) is 24.9 Å². The number of carboxylic acid groups (broad SMARTS) is 1. The Morgan fingerprint density at radius 2 is 2.29 bits per heavy atom. The van der Waals surface area contributed by atoms with Gasteiger partial charge in [-0.05, 0) is 30.2 Å². The van der Waals surface area contributed by atoms with Crippen molar-refractivity contribution in [3.05, 3.63) is 33.3 Å². The first-order valence-corrected chi connectivity index (χ1v) is 7.71. The van der Waals surface area contributed by atoms with Crippen LogP contribution in [0.25, 0.3) is 0 Å². The number of halogens is 2. The zero-order valence-electron chi connectivity index (χ0n) is 11.4. The molecular formula is C14H15BrClNO4.